The Labute approximate surface area is 58.3 Å². The molecule has 1 aromatic carbocycles. The van der Waals surface area contributed by atoms with Crippen molar-refractivity contribution < 1.29 is 0 Å². The minimum absolute atomic E-state index is 0.850. The van der Waals surface area contributed by atoms with Gasteiger partial charge in [0, 0.05) is 0 Å². The van der Waals surface area contributed by atoms with Crippen molar-refractivity contribution in [1.29, 1.82) is 0 Å². The first-order valence-corrected chi connectivity index (χ1v) is 2.99. The molecule has 0 spiro atoms. The Morgan fingerprint density at radius 2 is 2.30 bits per heavy atom. The van der Waals surface area contributed by atoms with Crippen LogP contribution in [-0.4, -0.2) is 6.34 Å². The fourth-order valence-corrected chi connectivity index (χ4v) is 0.926. The van der Waals surface area contributed by atoms with Gasteiger partial charge in [-0.1, -0.05) is 18.7 Å². The van der Waals surface area contributed by atoms with E-state index in [4.69, 9.17) is 0 Å². The fraction of sp³-hybridized carbons (Fsp3) is 0. The largest absolute Gasteiger partial charge is 0.224 e. The zero-order valence-corrected chi connectivity index (χ0v) is 5.33. The van der Waals surface area contributed by atoms with Gasteiger partial charge in [0.25, 0.3) is 0 Å². The van der Waals surface area contributed by atoms with Gasteiger partial charge in [0.05, 0.1) is 11.0 Å². The highest BCUT2D eigenvalue weighted by Crippen LogP contribution is 2.02. The zero-order chi connectivity index (χ0) is 6.97. The Hall–Kier alpha value is -1.44. The van der Waals surface area contributed by atoms with Crippen LogP contribution in [0.1, 0.15) is 0 Å². The van der Waals surface area contributed by atoms with Gasteiger partial charge in [0.15, 0.2) is 6.34 Å². The van der Waals surface area contributed by atoms with Crippen molar-refractivity contribution in [3.8, 4) is 0 Å². The van der Waals surface area contributed by atoms with Crippen LogP contribution in [0, 0.1) is 0 Å². The molecular formula is C8H5N2. The molecule has 10 heavy (non-hydrogen) atoms. The van der Waals surface area contributed by atoms with E-state index in [1.165, 1.54) is 0 Å². The Balaban J connectivity index is 2.99. The van der Waals surface area contributed by atoms with Gasteiger partial charge in [-0.25, -0.2) is 9.98 Å². The van der Waals surface area contributed by atoms with Gasteiger partial charge in [-0.05, 0) is 11.3 Å². The van der Waals surface area contributed by atoms with Gasteiger partial charge in [0.2, 0.25) is 0 Å². The minimum Gasteiger partial charge on any atom is -0.224 e. The number of benzene rings is 1. The van der Waals surface area contributed by atoms with E-state index in [-0.39, 0.29) is 0 Å². The summed E-state index contributed by atoms with van der Waals surface area (Å²) in [5.41, 5.74) is 0.868. The lowest BCUT2D eigenvalue weighted by Gasteiger charge is -1.85. The van der Waals surface area contributed by atoms with E-state index >= 15 is 0 Å². The smallest absolute Gasteiger partial charge is 0.199 e. The molecule has 1 aliphatic heterocycles. The lowest BCUT2D eigenvalue weighted by molar-refractivity contribution is 1.40. The summed E-state index contributed by atoms with van der Waals surface area (Å²) in [7, 11) is 0. The second-order valence-corrected chi connectivity index (χ2v) is 2.11. The van der Waals surface area contributed by atoms with Crippen molar-refractivity contribution in [1.82, 2.24) is 0 Å². The number of para-hydroxylation sites is 1. The van der Waals surface area contributed by atoms with Crippen LogP contribution in [0.5, 0.6) is 0 Å². The first kappa shape index (κ1) is 5.35. The van der Waals surface area contributed by atoms with Crippen molar-refractivity contribution >= 4 is 18.6 Å². The summed E-state index contributed by atoms with van der Waals surface area (Å²) in [5.74, 6) is 0. The summed E-state index contributed by atoms with van der Waals surface area (Å²) in [6, 6.07) is 5.71. The summed E-state index contributed by atoms with van der Waals surface area (Å²) in [6.45, 7) is 3.80. The molecule has 0 aliphatic carbocycles. The van der Waals surface area contributed by atoms with Crippen LogP contribution < -0.4 is 10.6 Å². The van der Waals surface area contributed by atoms with E-state index < -0.39 is 0 Å². The second-order valence-electron chi connectivity index (χ2n) is 2.11. The average Bonchev–Trinajstić information content (AvgIpc) is 2.36. The molecule has 2 rings (SSSR count). The molecule has 2 heteroatoms. The van der Waals surface area contributed by atoms with Crippen molar-refractivity contribution in [2.24, 2.45) is 9.98 Å². The van der Waals surface area contributed by atoms with E-state index in [0.717, 1.165) is 16.3 Å². The topological polar surface area (TPSA) is 24.7 Å². The normalized spacial score (nSPS) is 12.8. The molecule has 0 amide bonds. The van der Waals surface area contributed by atoms with Crippen molar-refractivity contribution in [3.05, 3.63) is 28.8 Å². The minimum atomic E-state index is 0.850. The average molecular weight is 129 g/mol. The van der Waals surface area contributed by atoms with E-state index in [9.17, 15) is 0 Å². The number of aliphatic imine (C=N–C) groups is 1. The molecular weight excluding hydrogens is 124 g/mol. The van der Waals surface area contributed by atoms with Gasteiger partial charge >= 0.3 is 0 Å². The van der Waals surface area contributed by atoms with Crippen LogP contribution in [0.4, 0.5) is 5.69 Å². The fourth-order valence-electron chi connectivity index (χ4n) is 0.926. The summed E-state index contributed by atoms with van der Waals surface area (Å²) in [6.07, 6.45) is 2.54. The van der Waals surface area contributed by atoms with Crippen molar-refractivity contribution in [2.45, 2.75) is 0 Å². The molecule has 47 valence electrons. The highest BCUT2D eigenvalue weighted by atomic mass is 14.9. The highest BCUT2D eigenvalue weighted by molar-refractivity contribution is 5.66. The Morgan fingerprint density at radius 1 is 1.40 bits per heavy atom. The quantitative estimate of drug-likeness (QED) is 0.480. The lowest BCUT2D eigenvalue weighted by atomic mass is 10.3. The molecule has 0 saturated carbocycles. The standard InChI is InChI=1S/C8H5N2/c1-6-3-2-4-7-8(6)10-5-9-7/h2-4H,1H2. The monoisotopic (exact) mass is 129 g/mol. The summed E-state index contributed by atoms with van der Waals surface area (Å²) < 4.78 is 0. The summed E-state index contributed by atoms with van der Waals surface area (Å²) in [5, 5.41) is 1.76. The number of hydrogen-bond acceptors (Lipinski definition) is 2. The van der Waals surface area contributed by atoms with Crippen LogP contribution in [-0.2, 0) is 0 Å². The molecule has 0 atom stereocenters. The number of nitrogens with zero attached hydrogens (tertiary/aromatic N) is 2. The molecule has 0 fully saturated rings. The van der Waals surface area contributed by atoms with Gasteiger partial charge < -0.3 is 0 Å². The van der Waals surface area contributed by atoms with Gasteiger partial charge in [0.1, 0.15) is 0 Å². The number of rotatable bonds is 0. The number of fused-ring (bicyclic) bond motifs is 1. The van der Waals surface area contributed by atoms with E-state index in [0.29, 0.717) is 0 Å². The first-order valence-electron chi connectivity index (χ1n) is 2.99. The van der Waals surface area contributed by atoms with Gasteiger partial charge in [-0.3, -0.25) is 0 Å². The highest BCUT2D eigenvalue weighted by Gasteiger charge is 1.97. The van der Waals surface area contributed by atoms with E-state index in [1.54, 1.807) is 0 Å². The molecule has 1 aromatic rings. The van der Waals surface area contributed by atoms with Crippen molar-refractivity contribution in [3.63, 3.8) is 0 Å². The summed E-state index contributed by atoms with van der Waals surface area (Å²) >= 11 is 0. The molecule has 0 unspecified atom stereocenters. The van der Waals surface area contributed by atoms with Gasteiger partial charge in [-0.2, -0.15) is 0 Å². The van der Waals surface area contributed by atoms with E-state index in [1.807, 2.05) is 18.2 Å². The second kappa shape index (κ2) is 1.77. The van der Waals surface area contributed by atoms with E-state index in [2.05, 4.69) is 22.9 Å². The third-order valence-corrected chi connectivity index (χ3v) is 1.43. The molecule has 1 aliphatic rings. The Bertz CT molecular complexity index is 390. The van der Waals surface area contributed by atoms with Crippen LogP contribution in [0.15, 0.2) is 28.2 Å². The molecule has 0 saturated heterocycles. The van der Waals surface area contributed by atoms with Gasteiger partial charge in [-0.15, -0.1) is 0 Å². The predicted molar refractivity (Wildman–Crippen MR) is 39.8 cm³/mol. The Morgan fingerprint density at radius 3 is 3.10 bits per heavy atom. The third kappa shape index (κ3) is 0.589. The maximum atomic E-state index is 3.92. The predicted octanol–water partition coefficient (Wildman–Crippen LogP) is 0.267. The molecule has 2 nitrogen and oxygen atoms in total. The van der Waals surface area contributed by atoms with Crippen LogP contribution in [0.2, 0.25) is 0 Å². The third-order valence-electron chi connectivity index (χ3n) is 1.43. The maximum Gasteiger partial charge on any atom is 0.199 e. The first-order chi connectivity index (χ1) is 4.88. The molecule has 1 heterocycles. The molecule has 0 aromatic heterocycles. The molecule has 0 bridgehead atoms. The molecule has 0 N–H and O–H groups in total. The zero-order valence-electron chi connectivity index (χ0n) is 5.33. The Kier molecular flexibility index (Phi) is 0.947. The maximum absolute atomic E-state index is 3.92. The van der Waals surface area contributed by atoms with Crippen LogP contribution in [0.25, 0.3) is 6.58 Å². The van der Waals surface area contributed by atoms with Crippen molar-refractivity contribution in [2.75, 3.05) is 0 Å². The molecule has 1 radical (unpaired) electrons. The van der Waals surface area contributed by atoms with Crippen LogP contribution >= 0.6 is 0 Å². The number of hydrogen-bond donors (Lipinski definition) is 0. The lowest BCUT2D eigenvalue weighted by Crippen LogP contribution is -2.21. The summed E-state index contributed by atoms with van der Waals surface area (Å²) in [4.78, 5) is 7.82. The van der Waals surface area contributed by atoms with Crippen LogP contribution in [0.3, 0.4) is 0 Å². The SMILES string of the molecule is C=c1cccc2c1=N[C]=N2.